The van der Waals surface area contributed by atoms with Gasteiger partial charge in [-0.15, -0.1) is 11.3 Å². The molecule has 8 heteroatoms. The summed E-state index contributed by atoms with van der Waals surface area (Å²) in [5.41, 5.74) is 2.52. The van der Waals surface area contributed by atoms with Crippen LogP contribution in [0.1, 0.15) is 17.0 Å². The smallest absolute Gasteiger partial charge is 0.326 e. The van der Waals surface area contributed by atoms with Gasteiger partial charge in [0.2, 0.25) is 0 Å². The molecule has 4 N–H and O–H groups in total. The topological polar surface area (TPSA) is 112 Å². The Balaban J connectivity index is 2.41. The molecule has 0 saturated heterocycles. The van der Waals surface area contributed by atoms with Crippen LogP contribution in [0.5, 0.6) is 0 Å². The normalized spacial score (nSPS) is 11.9. The van der Waals surface area contributed by atoms with Crippen molar-refractivity contribution in [3.63, 3.8) is 0 Å². The number of aliphatic hydroxyl groups excluding tert-OH is 1. The number of urea groups is 1. The van der Waals surface area contributed by atoms with Crippen molar-refractivity contribution in [2.24, 2.45) is 0 Å². The number of aromatic nitrogens is 1. The van der Waals surface area contributed by atoms with Gasteiger partial charge in [0.25, 0.3) is 0 Å². The van der Waals surface area contributed by atoms with Gasteiger partial charge >= 0.3 is 12.0 Å². The second-order valence-corrected chi connectivity index (χ2v) is 4.53. The number of hydrogen-bond acceptors (Lipinski definition) is 5. The lowest BCUT2D eigenvalue weighted by Gasteiger charge is -2.13. The Kier molecular flexibility index (Phi) is 5.53. The quantitative estimate of drug-likeness (QED) is 0.587. The molecule has 0 aliphatic carbocycles. The average Bonchev–Trinajstić information content (AvgIpc) is 2.71. The molecule has 2 amide bonds. The van der Waals surface area contributed by atoms with Crippen molar-refractivity contribution in [3.8, 4) is 0 Å². The standard InChI is InChI=1S/C10H15N3O4S/c1-6-8(18-5-12-6)4-11-10(17)13-7(2-3-14)9(15)16/h5,7,14H,2-4H2,1H3,(H,15,16)(H2,11,13,17)/t7-/m1/s1. The average molecular weight is 273 g/mol. The van der Waals surface area contributed by atoms with Crippen LogP contribution in [0.15, 0.2) is 5.51 Å². The van der Waals surface area contributed by atoms with E-state index in [0.29, 0.717) is 6.54 Å². The Morgan fingerprint density at radius 1 is 1.56 bits per heavy atom. The van der Waals surface area contributed by atoms with Crippen LogP contribution in [-0.2, 0) is 11.3 Å². The SMILES string of the molecule is Cc1ncsc1CNC(=O)N[C@H](CCO)C(=O)O. The monoisotopic (exact) mass is 273 g/mol. The van der Waals surface area contributed by atoms with Crippen molar-refractivity contribution in [2.75, 3.05) is 6.61 Å². The highest BCUT2D eigenvalue weighted by atomic mass is 32.1. The number of hydrogen-bond donors (Lipinski definition) is 4. The van der Waals surface area contributed by atoms with Gasteiger partial charge in [-0.3, -0.25) is 0 Å². The van der Waals surface area contributed by atoms with Gasteiger partial charge in [-0.25, -0.2) is 14.6 Å². The molecule has 0 bridgehead atoms. The summed E-state index contributed by atoms with van der Waals surface area (Å²) < 4.78 is 0. The van der Waals surface area contributed by atoms with E-state index < -0.39 is 18.0 Å². The molecule has 0 aromatic carbocycles. The molecule has 1 rings (SSSR count). The summed E-state index contributed by atoms with van der Waals surface area (Å²) in [6.45, 7) is 1.83. The van der Waals surface area contributed by atoms with E-state index in [-0.39, 0.29) is 13.0 Å². The zero-order chi connectivity index (χ0) is 13.5. The number of thiazole rings is 1. The minimum Gasteiger partial charge on any atom is -0.480 e. The van der Waals surface area contributed by atoms with Gasteiger partial charge in [-0.2, -0.15) is 0 Å². The maximum Gasteiger partial charge on any atom is 0.326 e. The Morgan fingerprint density at radius 3 is 2.78 bits per heavy atom. The number of aliphatic hydroxyl groups is 1. The maximum atomic E-state index is 11.5. The second kappa shape index (κ2) is 6.92. The van der Waals surface area contributed by atoms with Gasteiger partial charge in [0.15, 0.2) is 0 Å². The number of carbonyl (C=O) groups excluding carboxylic acids is 1. The highest BCUT2D eigenvalue weighted by molar-refractivity contribution is 7.09. The van der Waals surface area contributed by atoms with E-state index in [4.69, 9.17) is 10.2 Å². The third-order valence-electron chi connectivity index (χ3n) is 2.28. The Bertz CT molecular complexity index is 421. The summed E-state index contributed by atoms with van der Waals surface area (Å²) in [6.07, 6.45) is -0.0255. The molecule has 0 fully saturated rings. The first-order chi connectivity index (χ1) is 8.54. The Hall–Kier alpha value is -1.67. The van der Waals surface area contributed by atoms with Crippen molar-refractivity contribution >= 4 is 23.3 Å². The van der Waals surface area contributed by atoms with Crippen molar-refractivity contribution < 1.29 is 19.8 Å². The molecular weight excluding hydrogens is 258 g/mol. The first kappa shape index (κ1) is 14.4. The number of aliphatic carboxylic acids is 1. The molecule has 0 spiro atoms. The van der Waals surface area contributed by atoms with Crippen LogP contribution in [-0.4, -0.2) is 39.8 Å². The molecule has 0 unspecified atom stereocenters. The van der Waals surface area contributed by atoms with Gasteiger partial charge in [0, 0.05) is 17.9 Å². The van der Waals surface area contributed by atoms with E-state index in [1.807, 2.05) is 6.92 Å². The Labute approximate surface area is 108 Å². The molecule has 18 heavy (non-hydrogen) atoms. The first-order valence-electron chi connectivity index (χ1n) is 5.31. The van der Waals surface area contributed by atoms with Crippen LogP contribution in [0.25, 0.3) is 0 Å². The van der Waals surface area contributed by atoms with Crippen LogP contribution >= 0.6 is 11.3 Å². The van der Waals surface area contributed by atoms with Crippen LogP contribution < -0.4 is 10.6 Å². The van der Waals surface area contributed by atoms with Crippen LogP contribution in [0.4, 0.5) is 4.79 Å². The second-order valence-electron chi connectivity index (χ2n) is 3.59. The summed E-state index contributed by atoms with van der Waals surface area (Å²) in [5.74, 6) is -1.17. The fraction of sp³-hybridized carbons (Fsp3) is 0.500. The molecule has 7 nitrogen and oxygen atoms in total. The van der Waals surface area contributed by atoms with Crippen molar-refractivity contribution in [2.45, 2.75) is 25.9 Å². The third-order valence-corrected chi connectivity index (χ3v) is 3.21. The summed E-state index contributed by atoms with van der Waals surface area (Å²) in [7, 11) is 0. The lowest BCUT2D eigenvalue weighted by Crippen LogP contribution is -2.46. The lowest BCUT2D eigenvalue weighted by atomic mass is 10.2. The summed E-state index contributed by atoms with van der Waals surface area (Å²) in [4.78, 5) is 27.2. The van der Waals surface area contributed by atoms with Crippen molar-refractivity contribution in [1.82, 2.24) is 15.6 Å². The third kappa shape index (κ3) is 4.30. The molecule has 1 aromatic rings. The maximum absolute atomic E-state index is 11.5. The number of carbonyl (C=O) groups is 2. The molecule has 1 heterocycles. The number of carboxylic acid groups (broad SMARTS) is 1. The van der Waals surface area contributed by atoms with Crippen molar-refractivity contribution in [3.05, 3.63) is 16.1 Å². The van der Waals surface area contributed by atoms with E-state index in [1.54, 1.807) is 5.51 Å². The van der Waals surface area contributed by atoms with Gasteiger partial charge in [-0.05, 0) is 6.92 Å². The molecule has 1 atom stereocenters. The molecule has 0 aliphatic heterocycles. The number of aryl methyl sites for hydroxylation is 1. The fourth-order valence-corrected chi connectivity index (χ4v) is 1.97. The summed E-state index contributed by atoms with van der Waals surface area (Å²) in [5, 5.41) is 22.3. The fourth-order valence-electron chi connectivity index (χ4n) is 1.25. The van der Waals surface area contributed by atoms with Crippen LogP contribution in [0, 0.1) is 6.92 Å². The van der Waals surface area contributed by atoms with Gasteiger partial charge in [0.1, 0.15) is 6.04 Å². The number of carboxylic acids is 1. The number of nitrogens with one attached hydrogen (secondary N) is 2. The number of amides is 2. The van der Waals surface area contributed by atoms with E-state index in [0.717, 1.165) is 10.6 Å². The Morgan fingerprint density at radius 2 is 2.28 bits per heavy atom. The molecule has 0 radical (unpaired) electrons. The van der Waals surface area contributed by atoms with E-state index in [9.17, 15) is 9.59 Å². The molecule has 0 saturated carbocycles. The highest BCUT2D eigenvalue weighted by Crippen LogP contribution is 2.10. The van der Waals surface area contributed by atoms with Gasteiger partial charge in [-0.1, -0.05) is 0 Å². The van der Waals surface area contributed by atoms with E-state index in [1.165, 1.54) is 11.3 Å². The van der Waals surface area contributed by atoms with Crippen LogP contribution in [0.3, 0.4) is 0 Å². The predicted molar refractivity (Wildman–Crippen MR) is 65.3 cm³/mol. The van der Waals surface area contributed by atoms with Crippen LogP contribution in [0.2, 0.25) is 0 Å². The zero-order valence-electron chi connectivity index (χ0n) is 9.84. The van der Waals surface area contributed by atoms with E-state index >= 15 is 0 Å². The zero-order valence-corrected chi connectivity index (χ0v) is 10.7. The predicted octanol–water partition coefficient (Wildman–Crippen LogP) is 0.0863. The highest BCUT2D eigenvalue weighted by Gasteiger charge is 2.18. The van der Waals surface area contributed by atoms with Gasteiger partial charge < -0.3 is 20.8 Å². The summed E-state index contributed by atoms with van der Waals surface area (Å²) in [6, 6.07) is -1.67. The minimum atomic E-state index is -1.17. The lowest BCUT2D eigenvalue weighted by molar-refractivity contribution is -0.139. The molecule has 0 aliphatic rings. The molecule has 1 aromatic heterocycles. The van der Waals surface area contributed by atoms with Gasteiger partial charge in [0.05, 0.1) is 17.7 Å². The molecule has 100 valence electrons. The molecular formula is C10H15N3O4S. The minimum absolute atomic E-state index is 0.0255. The van der Waals surface area contributed by atoms with E-state index in [2.05, 4.69) is 15.6 Å². The van der Waals surface area contributed by atoms with Crippen molar-refractivity contribution in [1.29, 1.82) is 0 Å². The number of rotatable bonds is 6. The summed E-state index contributed by atoms with van der Waals surface area (Å²) >= 11 is 1.42. The first-order valence-corrected chi connectivity index (χ1v) is 6.19. The number of nitrogens with zero attached hydrogens (tertiary/aromatic N) is 1. The largest absolute Gasteiger partial charge is 0.480 e.